The van der Waals surface area contributed by atoms with Crippen molar-refractivity contribution in [3.63, 3.8) is 0 Å². The Bertz CT molecular complexity index is 1010. The van der Waals surface area contributed by atoms with Gasteiger partial charge in [-0.2, -0.15) is 0 Å². The Morgan fingerprint density at radius 3 is 2.67 bits per heavy atom. The molecule has 6 nitrogen and oxygen atoms in total. The molecule has 0 unspecified atom stereocenters. The van der Waals surface area contributed by atoms with E-state index in [4.69, 9.17) is 9.15 Å². The van der Waals surface area contributed by atoms with Crippen molar-refractivity contribution in [1.29, 1.82) is 0 Å². The Kier molecular flexibility index (Phi) is 6.57. The molecule has 4 aromatic rings. The Morgan fingerprint density at radius 1 is 1.00 bits per heavy atom. The number of rotatable bonds is 10. The van der Waals surface area contributed by atoms with Crippen LogP contribution in [0.4, 0.5) is 0 Å². The van der Waals surface area contributed by atoms with Crippen LogP contribution in [-0.2, 0) is 26.2 Å². The number of hydrogen-bond acceptors (Lipinski definition) is 5. The summed E-state index contributed by atoms with van der Waals surface area (Å²) in [6.07, 6.45) is 11.0. The number of nitrogens with zero attached hydrogens (tertiary/aromatic N) is 4. The molecule has 0 atom stereocenters. The Labute approximate surface area is 176 Å². The average molecular weight is 402 g/mol. The summed E-state index contributed by atoms with van der Waals surface area (Å²) in [6.45, 7) is 5.68. The summed E-state index contributed by atoms with van der Waals surface area (Å²) in [6, 6.07) is 14.5. The van der Waals surface area contributed by atoms with E-state index in [1.807, 2.05) is 43.8 Å². The molecule has 0 aliphatic heterocycles. The molecule has 0 aliphatic carbocycles. The molecule has 154 valence electrons. The molecule has 3 heterocycles. The van der Waals surface area contributed by atoms with Crippen molar-refractivity contribution in [2.24, 2.45) is 0 Å². The lowest BCUT2D eigenvalue weighted by atomic mass is 10.1. The molecular weight excluding hydrogens is 376 g/mol. The minimum Gasteiger partial charge on any atom is -0.494 e. The van der Waals surface area contributed by atoms with E-state index < -0.39 is 0 Å². The van der Waals surface area contributed by atoms with Crippen molar-refractivity contribution >= 4 is 0 Å². The fourth-order valence-electron chi connectivity index (χ4n) is 3.53. The van der Waals surface area contributed by atoms with Gasteiger partial charge in [-0.3, -0.25) is 9.88 Å². The summed E-state index contributed by atoms with van der Waals surface area (Å²) in [5.74, 6) is 1.86. The Morgan fingerprint density at radius 2 is 1.93 bits per heavy atom. The van der Waals surface area contributed by atoms with E-state index in [0.29, 0.717) is 6.61 Å². The van der Waals surface area contributed by atoms with Crippen molar-refractivity contribution in [3.8, 4) is 5.75 Å². The van der Waals surface area contributed by atoms with Gasteiger partial charge < -0.3 is 13.7 Å². The molecule has 30 heavy (non-hydrogen) atoms. The fourth-order valence-corrected chi connectivity index (χ4v) is 3.53. The van der Waals surface area contributed by atoms with Crippen molar-refractivity contribution in [2.75, 3.05) is 6.61 Å². The monoisotopic (exact) mass is 402 g/mol. The van der Waals surface area contributed by atoms with Crippen LogP contribution in [0.15, 0.2) is 84.3 Å². The number of hydrogen-bond donors (Lipinski definition) is 0. The molecule has 4 rings (SSSR count). The molecule has 3 aromatic heterocycles. The molecule has 0 amide bonds. The number of benzene rings is 1. The maximum atomic E-state index is 5.86. The molecule has 0 saturated carbocycles. The average Bonchev–Trinajstić information content (AvgIpc) is 3.45. The zero-order valence-corrected chi connectivity index (χ0v) is 17.1. The summed E-state index contributed by atoms with van der Waals surface area (Å²) in [4.78, 5) is 10.8. The van der Waals surface area contributed by atoms with E-state index in [1.54, 1.807) is 18.7 Å². The van der Waals surface area contributed by atoms with Crippen LogP contribution in [0.3, 0.4) is 0 Å². The maximum absolute atomic E-state index is 5.86. The van der Waals surface area contributed by atoms with Crippen LogP contribution in [0, 0.1) is 0 Å². The van der Waals surface area contributed by atoms with Gasteiger partial charge >= 0.3 is 0 Å². The molecular formula is C24H26N4O2. The molecule has 0 bridgehead atoms. The second-order valence-corrected chi connectivity index (χ2v) is 7.20. The van der Waals surface area contributed by atoms with Crippen LogP contribution in [0.5, 0.6) is 5.75 Å². The summed E-state index contributed by atoms with van der Waals surface area (Å²) >= 11 is 0. The Hall–Kier alpha value is -3.38. The van der Waals surface area contributed by atoms with Gasteiger partial charge in [-0.05, 0) is 48.4 Å². The van der Waals surface area contributed by atoms with Gasteiger partial charge in [0.05, 0.1) is 32.3 Å². The third-order valence-corrected chi connectivity index (χ3v) is 4.83. The maximum Gasteiger partial charge on any atom is 0.124 e. The topological polar surface area (TPSA) is 56.3 Å². The second kappa shape index (κ2) is 9.89. The van der Waals surface area contributed by atoms with Gasteiger partial charge in [-0.1, -0.05) is 12.1 Å². The van der Waals surface area contributed by atoms with Crippen LogP contribution < -0.4 is 4.74 Å². The fraction of sp³-hybridized carbons (Fsp3) is 0.250. The number of imidazole rings is 1. The minimum atomic E-state index is 0.641. The van der Waals surface area contributed by atoms with Gasteiger partial charge in [-0.15, -0.1) is 0 Å². The molecule has 0 aliphatic rings. The quantitative estimate of drug-likeness (QED) is 0.390. The van der Waals surface area contributed by atoms with Gasteiger partial charge in [0.2, 0.25) is 0 Å². The first-order valence-corrected chi connectivity index (χ1v) is 10.1. The van der Waals surface area contributed by atoms with Gasteiger partial charge in [0.15, 0.2) is 0 Å². The van der Waals surface area contributed by atoms with E-state index in [9.17, 15) is 0 Å². The van der Waals surface area contributed by atoms with Gasteiger partial charge in [0, 0.05) is 43.4 Å². The molecule has 0 N–H and O–H groups in total. The molecule has 0 fully saturated rings. The van der Waals surface area contributed by atoms with E-state index in [1.165, 1.54) is 11.1 Å². The molecule has 0 radical (unpaired) electrons. The van der Waals surface area contributed by atoms with Crippen molar-refractivity contribution in [1.82, 2.24) is 19.4 Å². The summed E-state index contributed by atoms with van der Waals surface area (Å²) in [5.41, 5.74) is 3.55. The Balaban J connectivity index is 1.56. The number of ether oxygens (including phenoxy) is 1. The highest BCUT2D eigenvalue weighted by molar-refractivity contribution is 5.37. The predicted octanol–water partition coefficient (Wildman–Crippen LogP) is 4.52. The highest BCUT2D eigenvalue weighted by atomic mass is 16.5. The molecule has 0 spiro atoms. The molecule has 6 heteroatoms. The normalized spacial score (nSPS) is 11.1. The van der Waals surface area contributed by atoms with E-state index in [-0.39, 0.29) is 0 Å². The summed E-state index contributed by atoms with van der Waals surface area (Å²) < 4.78 is 13.5. The largest absolute Gasteiger partial charge is 0.494 e. The SMILES string of the molecule is CCOc1ccc(CN(Cc2cccnc2)Cc2ccco2)cc1Cn1ccnc1. The van der Waals surface area contributed by atoms with Crippen LogP contribution >= 0.6 is 0 Å². The van der Waals surface area contributed by atoms with Gasteiger partial charge in [0.1, 0.15) is 11.5 Å². The van der Waals surface area contributed by atoms with Crippen molar-refractivity contribution < 1.29 is 9.15 Å². The third kappa shape index (κ3) is 5.36. The number of pyridine rings is 1. The first kappa shape index (κ1) is 19.9. The predicted molar refractivity (Wildman–Crippen MR) is 115 cm³/mol. The lowest BCUT2D eigenvalue weighted by Gasteiger charge is -2.22. The minimum absolute atomic E-state index is 0.641. The van der Waals surface area contributed by atoms with E-state index in [0.717, 1.165) is 43.3 Å². The lowest BCUT2D eigenvalue weighted by molar-refractivity contribution is 0.226. The first-order valence-electron chi connectivity index (χ1n) is 10.1. The summed E-state index contributed by atoms with van der Waals surface area (Å²) in [7, 11) is 0. The zero-order valence-electron chi connectivity index (χ0n) is 17.1. The van der Waals surface area contributed by atoms with Crippen molar-refractivity contribution in [2.45, 2.75) is 33.1 Å². The first-order chi connectivity index (χ1) is 14.8. The van der Waals surface area contributed by atoms with Gasteiger partial charge in [-0.25, -0.2) is 4.98 Å². The van der Waals surface area contributed by atoms with Crippen molar-refractivity contribution in [3.05, 3.63) is 102 Å². The highest BCUT2D eigenvalue weighted by Crippen LogP contribution is 2.23. The standard InChI is InChI=1S/C24H26N4O2/c1-2-29-24-8-7-20(13-22(24)17-27-11-10-26-19-27)15-28(18-23-6-4-12-30-23)16-21-5-3-9-25-14-21/h3-14,19H,2,15-18H2,1H3. The smallest absolute Gasteiger partial charge is 0.124 e. The highest BCUT2D eigenvalue weighted by Gasteiger charge is 2.13. The third-order valence-electron chi connectivity index (χ3n) is 4.83. The summed E-state index contributed by atoms with van der Waals surface area (Å²) in [5, 5.41) is 0. The van der Waals surface area contributed by atoms with E-state index in [2.05, 4.69) is 43.7 Å². The van der Waals surface area contributed by atoms with Crippen LogP contribution in [-0.4, -0.2) is 26.0 Å². The van der Waals surface area contributed by atoms with Crippen LogP contribution in [0.2, 0.25) is 0 Å². The number of aromatic nitrogens is 3. The zero-order chi connectivity index (χ0) is 20.6. The molecule has 0 saturated heterocycles. The van der Waals surface area contributed by atoms with Gasteiger partial charge in [0.25, 0.3) is 0 Å². The van der Waals surface area contributed by atoms with Crippen LogP contribution in [0.25, 0.3) is 0 Å². The molecule has 1 aromatic carbocycles. The van der Waals surface area contributed by atoms with E-state index >= 15 is 0 Å². The second-order valence-electron chi connectivity index (χ2n) is 7.20. The van der Waals surface area contributed by atoms with Crippen LogP contribution in [0.1, 0.15) is 29.4 Å². The number of furan rings is 1. The lowest BCUT2D eigenvalue weighted by Crippen LogP contribution is -2.22.